The summed E-state index contributed by atoms with van der Waals surface area (Å²) in [5, 5.41) is 3.99. The summed E-state index contributed by atoms with van der Waals surface area (Å²) in [5.41, 5.74) is 6.13. The van der Waals surface area contributed by atoms with Crippen LogP contribution in [-0.2, 0) is 18.3 Å². The van der Waals surface area contributed by atoms with E-state index in [2.05, 4.69) is 10.1 Å². The van der Waals surface area contributed by atoms with E-state index in [9.17, 15) is 9.69 Å². The van der Waals surface area contributed by atoms with Crippen molar-refractivity contribution in [3.63, 3.8) is 0 Å². The molecular weight excluding hydrogens is 375 g/mol. The number of allylic oxidation sites excluding steroid dienone is 1. The van der Waals surface area contributed by atoms with Crippen molar-refractivity contribution in [2.75, 3.05) is 6.61 Å². The summed E-state index contributed by atoms with van der Waals surface area (Å²) < 4.78 is 23.5. The van der Waals surface area contributed by atoms with Gasteiger partial charge in [-0.2, -0.15) is 4.89 Å². The lowest BCUT2D eigenvalue weighted by Crippen LogP contribution is -2.24. The quantitative estimate of drug-likeness (QED) is 0.422. The number of nitrogens with two attached hydrogens (primary N) is 1. The molecule has 2 aliphatic rings. The number of nitrogens with zero attached hydrogens (tertiary/aromatic N) is 3. The molecule has 3 rings (SSSR count). The van der Waals surface area contributed by atoms with E-state index in [0.29, 0.717) is 12.8 Å². The van der Waals surface area contributed by atoms with Gasteiger partial charge in [-0.3, -0.25) is 9.32 Å². The normalized spacial score (nSPS) is 33.0. The molecule has 1 amide bonds. The number of ether oxygens (including phenoxy) is 1. The van der Waals surface area contributed by atoms with Gasteiger partial charge < -0.3 is 10.5 Å². The fourth-order valence-electron chi connectivity index (χ4n) is 2.82. The summed E-state index contributed by atoms with van der Waals surface area (Å²) in [4.78, 5) is 25.2. The van der Waals surface area contributed by atoms with Crippen LogP contribution in [0.4, 0.5) is 0 Å². The number of aromatic nitrogens is 3. The van der Waals surface area contributed by atoms with Gasteiger partial charge in [0, 0.05) is 0 Å². The van der Waals surface area contributed by atoms with E-state index in [-0.39, 0.29) is 30.9 Å². The molecule has 2 fully saturated rings. The van der Waals surface area contributed by atoms with E-state index in [1.165, 1.54) is 17.3 Å². The average molecular weight is 399 g/mol. The highest BCUT2D eigenvalue weighted by atomic mass is 31.2. The molecule has 0 saturated carbocycles. The van der Waals surface area contributed by atoms with Crippen LogP contribution < -0.4 is 5.73 Å². The van der Waals surface area contributed by atoms with Gasteiger partial charge in [0.25, 0.3) is 5.91 Å². The number of carbonyl (C=O) groups is 1. The first-order valence-electron chi connectivity index (χ1n) is 8.75. The lowest BCUT2D eigenvalue weighted by atomic mass is 10.1. The largest absolute Gasteiger partial charge is 0.619 e. The van der Waals surface area contributed by atoms with Gasteiger partial charge in [0.15, 0.2) is 6.23 Å². The van der Waals surface area contributed by atoms with Crippen molar-refractivity contribution in [2.24, 2.45) is 5.73 Å². The predicted molar refractivity (Wildman–Crippen MR) is 95.9 cm³/mol. The molecule has 0 spiro atoms. The summed E-state index contributed by atoms with van der Waals surface area (Å²) >= 11 is 0. The SMILES string of the molecule is CC/C=C1/CO[P+](O)(OC=CC2CCC(n3cnc(C(N)=O)n3)O2)OC1C. The number of hydrogen-bond donors (Lipinski definition) is 2. The zero-order chi connectivity index (χ0) is 19.4. The Labute approximate surface area is 157 Å². The highest BCUT2D eigenvalue weighted by Crippen LogP contribution is 2.62. The molecule has 0 bridgehead atoms. The fourth-order valence-corrected chi connectivity index (χ4v) is 4.06. The van der Waals surface area contributed by atoms with Crippen LogP contribution in [0.25, 0.3) is 0 Å². The molecule has 1 aromatic heterocycles. The van der Waals surface area contributed by atoms with Crippen molar-refractivity contribution < 1.29 is 28.0 Å². The van der Waals surface area contributed by atoms with Gasteiger partial charge in [0.05, 0.1) is 6.10 Å². The highest BCUT2D eigenvalue weighted by molar-refractivity contribution is 7.55. The zero-order valence-electron chi connectivity index (χ0n) is 15.2. The number of primary amides is 1. The molecule has 4 unspecified atom stereocenters. The Morgan fingerprint density at radius 1 is 1.56 bits per heavy atom. The maximum absolute atomic E-state index is 11.1. The predicted octanol–water partition coefficient (Wildman–Crippen LogP) is 2.03. The summed E-state index contributed by atoms with van der Waals surface area (Å²) in [6.45, 7) is 4.16. The van der Waals surface area contributed by atoms with Crippen molar-refractivity contribution in [3.8, 4) is 0 Å². The second-order valence-corrected chi connectivity index (χ2v) is 7.85. The Balaban J connectivity index is 1.50. The highest BCUT2D eigenvalue weighted by Gasteiger charge is 2.51. The molecule has 1 aromatic rings. The van der Waals surface area contributed by atoms with Crippen molar-refractivity contribution in [1.29, 1.82) is 0 Å². The molecule has 3 N–H and O–H groups in total. The molecular formula is C16H24N4O6P+. The Kier molecular flexibility index (Phi) is 6.23. The van der Waals surface area contributed by atoms with Gasteiger partial charge in [-0.25, -0.2) is 9.67 Å². The Morgan fingerprint density at radius 2 is 2.37 bits per heavy atom. The van der Waals surface area contributed by atoms with Gasteiger partial charge in [-0.05, 0) is 37.8 Å². The van der Waals surface area contributed by atoms with Crippen LogP contribution >= 0.6 is 8.17 Å². The maximum Gasteiger partial charge on any atom is 0.619 e. The zero-order valence-corrected chi connectivity index (χ0v) is 16.1. The summed E-state index contributed by atoms with van der Waals surface area (Å²) in [5.74, 6) is -0.738. The molecule has 4 atom stereocenters. The smallest absolute Gasteiger partial charge is 0.363 e. The van der Waals surface area contributed by atoms with Crippen LogP contribution in [0.1, 0.15) is 50.0 Å². The third-order valence-electron chi connectivity index (χ3n) is 4.22. The third-order valence-corrected chi connectivity index (χ3v) is 5.64. The van der Waals surface area contributed by atoms with Crippen molar-refractivity contribution in [3.05, 3.63) is 36.1 Å². The first kappa shape index (κ1) is 19.9. The minimum atomic E-state index is -3.38. The fraction of sp³-hybridized carbons (Fsp3) is 0.562. The Morgan fingerprint density at radius 3 is 3.04 bits per heavy atom. The molecule has 11 heteroatoms. The molecule has 10 nitrogen and oxygen atoms in total. The number of rotatable bonds is 6. The monoisotopic (exact) mass is 399 g/mol. The van der Waals surface area contributed by atoms with Crippen LogP contribution in [0.15, 0.2) is 30.3 Å². The van der Waals surface area contributed by atoms with E-state index in [1.807, 2.05) is 19.9 Å². The van der Waals surface area contributed by atoms with Gasteiger partial charge in [-0.1, -0.05) is 13.0 Å². The summed E-state index contributed by atoms with van der Waals surface area (Å²) in [6.07, 6.45) is 7.89. The molecule has 0 radical (unpaired) electrons. The van der Waals surface area contributed by atoms with Crippen molar-refractivity contribution in [2.45, 2.75) is 51.5 Å². The Bertz CT molecular complexity index is 738. The lowest BCUT2D eigenvalue weighted by Gasteiger charge is -2.24. The van der Waals surface area contributed by atoms with Crippen molar-refractivity contribution in [1.82, 2.24) is 14.8 Å². The van der Waals surface area contributed by atoms with Crippen LogP contribution in [0.3, 0.4) is 0 Å². The van der Waals surface area contributed by atoms with Crippen LogP contribution in [0.5, 0.6) is 0 Å². The maximum atomic E-state index is 11.1. The molecule has 27 heavy (non-hydrogen) atoms. The molecule has 2 aliphatic heterocycles. The van der Waals surface area contributed by atoms with Gasteiger partial charge in [0.1, 0.15) is 25.3 Å². The first-order chi connectivity index (χ1) is 12.9. The first-order valence-corrected chi connectivity index (χ1v) is 10.2. The summed E-state index contributed by atoms with van der Waals surface area (Å²) in [7, 11) is -3.38. The van der Waals surface area contributed by atoms with Gasteiger partial charge in [-0.15, -0.1) is 14.1 Å². The molecule has 148 valence electrons. The van der Waals surface area contributed by atoms with E-state index < -0.39 is 14.1 Å². The number of hydrogen-bond acceptors (Lipinski definition) is 8. The van der Waals surface area contributed by atoms with E-state index in [0.717, 1.165) is 12.0 Å². The molecule has 0 aliphatic carbocycles. The number of carbonyl (C=O) groups excluding carboxylic acids is 1. The standard InChI is InChI=1S/C16H23N4O6P/c1-3-4-12-9-24-27(22,26-11(12)2)23-8-7-13-5-6-14(25-13)20-10-18-16(19-20)15(17)21/h4,7-8,10-11,13-14,22H,3,5-6,9H2,1-2H3,(H-,17,21)/p+1/b8-7?,12-4-. The third kappa shape index (κ3) is 4.91. The lowest BCUT2D eigenvalue weighted by molar-refractivity contribution is 0.0137. The van der Waals surface area contributed by atoms with E-state index in [1.54, 1.807) is 6.08 Å². The molecule has 0 aromatic carbocycles. The van der Waals surface area contributed by atoms with E-state index in [4.69, 9.17) is 24.0 Å². The van der Waals surface area contributed by atoms with Crippen LogP contribution in [0.2, 0.25) is 0 Å². The van der Waals surface area contributed by atoms with Gasteiger partial charge in [0.2, 0.25) is 5.82 Å². The molecule has 2 saturated heterocycles. The van der Waals surface area contributed by atoms with Crippen LogP contribution in [0, 0.1) is 0 Å². The average Bonchev–Trinajstić information content (AvgIpc) is 3.27. The number of amides is 1. The Hall–Kier alpha value is -1.84. The van der Waals surface area contributed by atoms with Gasteiger partial charge >= 0.3 is 8.17 Å². The minimum absolute atomic E-state index is 0.0508. The minimum Gasteiger partial charge on any atom is -0.363 e. The van der Waals surface area contributed by atoms with Crippen molar-refractivity contribution >= 4 is 14.1 Å². The second-order valence-electron chi connectivity index (χ2n) is 6.23. The summed E-state index contributed by atoms with van der Waals surface area (Å²) in [6, 6.07) is 0. The topological polar surface area (TPSA) is 131 Å². The molecule has 3 heterocycles. The van der Waals surface area contributed by atoms with Crippen LogP contribution in [-0.4, -0.2) is 44.4 Å². The van der Waals surface area contributed by atoms with E-state index >= 15 is 0 Å². The second kappa shape index (κ2) is 8.45.